The maximum Gasteiger partial charge on any atom is 0.119 e. The van der Waals surface area contributed by atoms with E-state index in [1.165, 1.54) is 11.8 Å². The van der Waals surface area contributed by atoms with Crippen molar-refractivity contribution in [1.29, 1.82) is 0 Å². The summed E-state index contributed by atoms with van der Waals surface area (Å²) in [5.74, 6) is 1.06. The number of aliphatic hydroxyl groups is 1. The average Bonchev–Trinajstić information content (AvgIpc) is 1.88. The van der Waals surface area contributed by atoms with Gasteiger partial charge in [-0.1, -0.05) is 0 Å². The minimum Gasteiger partial charge on any atom is -0.717 e. The van der Waals surface area contributed by atoms with Gasteiger partial charge < -0.3 is 17.7 Å². The Morgan fingerprint density at radius 1 is 1.89 bits per heavy atom. The van der Waals surface area contributed by atoms with Crippen molar-refractivity contribution in [2.75, 3.05) is 19.0 Å². The fraction of sp³-hybridized carbons (Fsp3) is 1.00. The molecule has 0 amide bonds. The summed E-state index contributed by atoms with van der Waals surface area (Å²) in [6, 6.07) is 0. The molecule has 9 heavy (non-hydrogen) atoms. The van der Waals surface area contributed by atoms with Crippen LogP contribution < -0.4 is 5.43 Å². The maximum absolute atomic E-state index is 8.62. The van der Waals surface area contributed by atoms with Crippen molar-refractivity contribution in [2.24, 2.45) is 0 Å². The zero-order valence-electron chi connectivity index (χ0n) is 4.95. The van der Waals surface area contributed by atoms with E-state index in [4.69, 9.17) is 17.7 Å². The standard InChI is InChI=1S/C4H10N2OS2/c7-3-6-1-2-9-4(8)5-6/h4-5,7-8H,1-3H2. The third-order valence-electron chi connectivity index (χ3n) is 1.13. The fourth-order valence-electron chi connectivity index (χ4n) is 0.669. The molecule has 1 aliphatic heterocycles. The largest absolute Gasteiger partial charge is 0.717 e. The maximum atomic E-state index is 8.62. The molecule has 1 aliphatic rings. The van der Waals surface area contributed by atoms with Crippen LogP contribution in [0.5, 0.6) is 0 Å². The Kier molecular flexibility index (Phi) is 3.14. The van der Waals surface area contributed by atoms with Gasteiger partial charge in [-0.25, -0.2) is 10.4 Å². The first-order valence-electron chi connectivity index (χ1n) is 2.77. The van der Waals surface area contributed by atoms with E-state index in [0.717, 1.165) is 12.3 Å². The van der Waals surface area contributed by atoms with E-state index in [0.29, 0.717) is 0 Å². The van der Waals surface area contributed by atoms with Gasteiger partial charge >= 0.3 is 0 Å². The van der Waals surface area contributed by atoms with Gasteiger partial charge in [0.2, 0.25) is 0 Å². The zero-order valence-corrected chi connectivity index (χ0v) is 6.66. The molecule has 1 unspecified atom stereocenters. The molecule has 2 N–H and O–H groups in total. The summed E-state index contributed by atoms with van der Waals surface area (Å²) in [6.45, 7) is 0.952. The predicted molar refractivity (Wildman–Crippen MR) is 41.7 cm³/mol. The summed E-state index contributed by atoms with van der Waals surface area (Å²) >= 11 is 6.21. The summed E-state index contributed by atoms with van der Waals surface area (Å²) in [7, 11) is 0. The van der Waals surface area contributed by atoms with Gasteiger partial charge in [-0.3, -0.25) is 0 Å². The molecule has 54 valence electrons. The fourth-order valence-corrected chi connectivity index (χ4v) is 1.97. The van der Waals surface area contributed by atoms with Gasteiger partial charge in [0.05, 0.1) is 11.3 Å². The smallest absolute Gasteiger partial charge is 0.119 e. The van der Waals surface area contributed by atoms with Crippen LogP contribution in [0.25, 0.3) is 0 Å². The molecule has 0 spiro atoms. The minimum absolute atomic E-state index is 0.0582. The summed E-state index contributed by atoms with van der Waals surface area (Å²) in [6.07, 6.45) is 0. The molecule has 0 saturated carbocycles. The molecule has 5 heteroatoms. The lowest BCUT2D eigenvalue weighted by molar-refractivity contribution is 0.0673. The third kappa shape index (κ3) is 2.35. The second-order valence-corrected chi connectivity index (χ2v) is 3.94. The van der Waals surface area contributed by atoms with Crippen molar-refractivity contribution in [3.05, 3.63) is 0 Å². The first-order chi connectivity index (χ1) is 4.33. The Morgan fingerprint density at radius 3 is 3.11 bits per heavy atom. The SMILES string of the molecule is OCN1CC[SH+]C([S-])N1. The van der Waals surface area contributed by atoms with E-state index in [1.807, 2.05) is 0 Å². The van der Waals surface area contributed by atoms with Crippen molar-refractivity contribution in [3.63, 3.8) is 0 Å². The van der Waals surface area contributed by atoms with Crippen molar-refractivity contribution in [2.45, 2.75) is 4.71 Å². The third-order valence-corrected chi connectivity index (χ3v) is 2.59. The highest BCUT2D eigenvalue weighted by Gasteiger charge is 2.14. The zero-order chi connectivity index (χ0) is 6.69. The molecule has 0 aliphatic carbocycles. The summed E-state index contributed by atoms with van der Waals surface area (Å²) < 4.78 is 0.0888. The van der Waals surface area contributed by atoms with Gasteiger partial charge in [-0.05, 0) is 11.8 Å². The Hall–Kier alpha value is 0.580. The number of nitrogens with one attached hydrogen (secondary N) is 1. The number of hydrogen-bond donors (Lipinski definition) is 2. The molecule has 0 aromatic rings. The van der Waals surface area contributed by atoms with Crippen molar-refractivity contribution < 1.29 is 5.11 Å². The molecule has 0 aromatic heterocycles. The van der Waals surface area contributed by atoms with E-state index in [2.05, 4.69) is 5.43 Å². The van der Waals surface area contributed by atoms with Gasteiger partial charge in [0.1, 0.15) is 12.5 Å². The van der Waals surface area contributed by atoms with Crippen LogP contribution in [0.3, 0.4) is 0 Å². The molecule has 0 aromatic carbocycles. The van der Waals surface area contributed by atoms with Crippen molar-refractivity contribution in [1.82, 2.24) is 10.4 Å². The van der Waals surface area contributed by atoms with Crippen LogP contribution in [0.15, 0.2) is 0 Å². The quantitative estimate of drug-likeness (QED) is 0.279. The minimum atomic E-state index is 0.0582. The molecule has 3 nitrogen and oxygen atoms in total. The highest BCUT2D eigenvalue weighted by Crippen LogP contribution is 1.95. The van der Waals surface area contributed by atoms with Gasteiger partial charge in [0, 0.05) is 0 Å². The Morgan fingerprint density at radius 2 is 2.67 bits per heavy atom. The number of nitrogens with zero attached hydrogens (tertiary/aromatic N) is 1. The molecule has 1 saturated heterocycles. The molecular weight excluding hydrogens is 156 g/mol. The molecule has 1 rings (SSSR count). The van der Waals surface area contributed by atoms with Gasteiger partial charge in [-0.15, -0.1) is 0 Å². The monoisotopic (exact) mass is 166 g/mol. The summed E-state index contributed by atoms with van der Waals surface area (Å²) in [5.41, 5.74) is 2.95. The van der Waals surface area contributed by atoms with E-state index >= 15 is 0 Å². The molecule has 1 atom stereocenters. The summed E-state index contributed by atoms with van der Waals surface area (Å²) in [5, 5.41) is 10.4. The van der Waals surface area contributed by atoms with E-state index < -0.39 is 0 Å². The number of hydrogen-bond acceptors (Lipinski definition) is 4. The van der Waals surface area contributed by atoms with Gasteiger partial charge in [0.25, 0.3) is 0 Å². The van der Waals surface area contributed by atoms with Crippen LogP contribution >= 0.6 is 0 Å². The second kappa shape index (κ2) is 3.68. The highest BCUT2D eigenvalue weighted by atomic mass is 32.2. The van der Waals surface area contributed by atoms with Gasteiger partial charge in [0.15, 0.2) is 0 Å². The van der Waals surface area contributed by atoms with E-state index in [-0.39, 0.29) is 11.4 Å². The highest BCUT2D eigenvalue weighted by molar-refractivity contribution is 7.89. The Bertz CT molecular complexity index is 92.6. The van der Waals surface area contributed by atoms with E-state index in [1.54, 1.807) is 5.01 Å². The van der Waals surface area contributed by atoms with Crippen molar-refractivity contribution >= 4 is 24.4 Å². The number of aliphatic hydroxyl groups excluding tert-OH is 1. The second-order valence-electron chi connectivity index (χ2n) is 1.79. The van der Waals surface area contributed by atoms with Crippen LogP contribution in [-0.2, 0) is 24.4 Å². The van der Waals surface area contributed by atoms with Crippen LogP contribution in [0.1, 0.15) is 0 Å². The van der Waals surface area contributed by atoms with Crippen molar-refractivity contribution in [3.8, 4) is 0 Å². The topological polar surface area (TPSA) is 35.5 Å². The first kappa shape index (κ1) is 7.68. The predicted octanol–water partition coefficient (Wildman–Crippen LogP) is -1.60. The molecule has 0 radical (unpaired) electrons. The number of hydrazine groups is 1. The normalized spacial score (nSPS) is 30.7. The van der Waals surface area contributed by atoms with Crippen LogP contribution in [-0.4, -0.2) is 33.8 Å². The lowest BCUT2D eigenvalue weighted by atomic mass is 10.7. The van der Waals surface area contributed by atoms with Gasteiger partial charge in [-0.2, -0.15) is 0 Å². The molecule has 1 fully saturated rings. The number of thiol groups is 1. The van der Waals surface area contributed by atoms with Crippen LogP contribution in [0.4, 0.5) is 0 Å². The lowest BCUT2D eigenvalue weighted by Crippen LogP contribution is -2.51. The average molecular weight is 166 g/mol. The Labute approximate surface area is 64.2 Å². The van der Waals surface area contributed by atoms with E-state index in [9.17, 15) is 0 Å². The lowest BCUT2D eigenvalue weighted by Gasteiger charge is -2.30. The van der Waals surface area contributed by atoms with Crippen LogP contribution in [0, 0.1) is 0 Å². The number of rotatable bonds is 1. The molecule has 1 heterocycles. The molecular formula is C4H10N2OS2. The first-order valence-corrected chi connectivity index (χ1v) is 4.39. The Balaban J connectivity index is 2.23. The molecule has 0 bridgehead atoms. The summed E-state index contributed by atoms with van der Waals surface area (Å²) in [4.78, 5) is 0. The van der Waals surface area contributed by atoms with Crippen LogP contribution in [0.2, 0.25) is 0 Å².